The summed E-state index contributed by atoms with van der Waals surface area (Å²) in [6, 6.07) is 11.7. The van der Waals surface area contributed by atoms with Crippen LogP contribution in [0.25, 0.3) is 10.9 Å². The topological polar surface area (TPSA) is 105 Å². The van der Waals surface area contributed by atoms with Gasteiger partial charge in [-0.2, -0.15) is 5.10 Å². The fourth-order valence-electron chi connectivity index (χ4n) is 2.98. The lowest BCUT2D eigenvalue weighted by atomic mass is 10.1. The predicted molar refractivity (Wildman–Crippen MR) is 107 cm³/mol. The normalized spacial score (nSPS) is 12.0. The highest BCUT2D eigenvalue weighted by atomic mass is 19.1. The van der Waals surface area contributed by atoms with Crippen LogP contribution in [0, 0.1) is 17.6 Å². The van der Waals surface area contributed by atoms with Gasteiger partial charge in [-0.05, 0) is 36.8 Å². The third-order valence-electron chi connectivity index (χ3n) is 4.41. The number of hydrogen-bond donors (Lipinski definition) is 2. The van der Waals surface area contributed by atoms with Crippen LogP contribution in [0.5, 0.6) is 5.75 Å². The second-order valence-corrected chi connectivity index (χ2v) is 6.43. The first-order valence-corrected chi connectivity index (χ1v) is 8.80. The zero-order chi connectivity index (χ0) is 20.4. The summed E-state index contributed by atoms with van der Waals surface area (Å²) in [6.07, 6.45) is 0. The molecular weight excluding hydrogens is 375 g/mol. The van der Waals surface area contributed by atoms with Crippen molar-refractivity contribution in [3.05, 3.63) is 76.3 Å². The Kier molecular flexibility index (Phi) is 4.86. The first-order chi connectivity index (χ1) is 14.1. The van der Waals surface area contributed by atoms with Gasteiger partial charge >= 0.3 is 0 Å². The van der Waals surface area contributed by atoms with Gasteiger partial charge in [0.2, 0.25) is 0 Å². The third-order valence-corrected chi connectivity index (χ3v) is 4.41. The molecular formula is C20H17FN6O2. The standard InChI is InChI=1S/C20H17FN6O2/c1-11-9-17(26-25-11)23-19-15-8-7-14(29-2)10-16(15)22-20(24-19)18(27-28)12-3-5-13(21)6-4-12/h3-10,18H,1-2H3,(H2,22,23,24,25,26). The van der Waals surface area contributed by atoms with Crippen LogP contribution >= 0.6 is 0 Å². The summed E-state index contributed by atoms with van der Waals surface area (Å²) < 4.78 is 18.6. The number of fused-ring (bicyclic) bond motifs is 1. The number of methoxy groups -OCH3 is 1. The van der Waals surface area contributed by atoms with Crippen molar-refractivity contribution in [3.8, 4) is 5.75 Å². The lowest BCUT2D eigenvalue weighted by Crippen LogP contribution is -2.07. The maximum Gasteiger partial charge on any atom is 0.176 e. The molecule has 0 fully saturated rings. The zero-order valence-corrected chi connectivity index (χ0v) is 15.7. The van der Waals surface area contributed by atoms with E-state index >= 15 is 0 Å². The van der Waals surface area contributed by atoms with Crippen molar-refractivity contribution in [2.24, 2.45) is 5.18 Å². The molecule has 0 bridgehead atoms. The molecule has 0 radical (unpaired) electrons. The van der Waals surface area contributed by atoms with E-state index < -0.39 is 11.9 Å². The molecule has 0 aliphatic carbocycles. The van der Waals surface area contributed by atoms with Gasteiger partial charge in [0.15, 0.2) is 17.7 Å². The first-order valence-electron chi connectivity index (χ1n) is 8.80. The van der Waals surface area contributed by atoms with Crippen molar-refractivity contribution < 1.29 is 9.13 Å². The summed E-state index contributed by atoms with van der Waals surface area (Å²) in [7, 11) is 1.56. The summed E-state index contributed by atoms with van der Waals surface area (Å²) in [4.78, 5) is 20.7. The van der Waals surface area contributed by atoms with Crippen LogP contribution in [0.1, 0.15) is 23.1 Å². The highest BCUT2D eigenvalue weighted by Gasteiger charge is 2.21. The Morgan fingerprint density at radius 1 is 1.14 bits per heavy atom. The smallest absolute Gasteiger partial charge is 0.176 e. The number of anilines is 2. The summed E-state index contributed by atoms with van der Waals surface area (Å²) in [5.74, 6) is 1.43. The molecule has 2 aromatic heterocycles. The number of rotatable bonds is 6. The lowest BCUT2D eigenvalue weighted by Gasteiger charge is -2.13. The first kappa shape index (κ1) is 18.5. The van der Waals surface area contributed by atoms with Gasteiger partial charge < -0.3 is 10.1 Å². The van der Waals surface area contributed by atoms with Crippen LogP contribution in [0.2, 0.25) is 0 Å². The minimum absolute atomic E-state index is 0.183. The molecule has 1 unspecified atom stereocenters. The summed E-state index contributed by atoms with van der Waals surface area (Å²) in [6.45, 7) is 1.88. The molecule has 4 rings (SSSR count). The maximum atomic E-state index is 13.3. The average molecular weight is 392 g/mol. The largest absolute Gasteiger partial charge is 0.497 e. The Hall–Kier alpha value is -3.88. The van der Waals surface area contributed by atoms with Gasteiger partial charge in [-0.25, -0.2) is 14.4 Å². The lowest BCUT2D eigenvalue weighted by molar-refractivity contribution is 0.415. The number of nitrogens with one attached hydrogen (secondary N) is 2. The molecule has 29 heavy (non-hydrogen) atoms. The molecule has 0 amide bonds. The van der Waals surface area contributed by atoms with E-state index in [0.29, 0.717) is 28.5 Å². The third kappa shape index (κ3) is 3.75. The Labute approximate surface area is 165 Å². The highest BCUT2D eigenvalue weighted by Crippen LogP contribution is 2.31. The van der Waals surface area contributed by atoms with E-state index in [-0.39, 0.29) is 5.82 Å². The van der Waals surface area contributed by atoms with Gasteiger partial charge in [0.05, 0.1) is 12.6 Å². The van der Waals surface area contributed by atoms with Crippen LogP contribution in [-0.4, -0.2) is 27.3 Å². The van der Waals surface area contributed by atoms with E-state index in [1.807, 2.05) is 19.1 Å². The van der Waals surface area contributed by atoms with Gasteiger partial charge in [-0.1, -0.05) is 17.3 Å². The van der Waals surface area contributed by atoms with Gasteiger partial charge in [-0.3, -0.25) is 5.10 Å². The number of nitrogens with zero attached hydrogens (tertiary/aromatic N) is 4. The van der Waals surface area contributed by atoms with E-state index in [1.165, 1.54) is 24.3 Å². The van der Waals surface area contributed by atoms with Gasteiger partial charge in [-0.15, -0.1) is 4.91 Å². The fraction of sp³-hybridized carbons (Fsp3) is 0.150. The summed E-state index contributed by atoms with van der Waals surface area (Å²) in [5.41, 5.74) is 1.94. The van der Waals surface area contributed by atoms with Crippen molar-refractivity contribution in [1.82, 2.24) is 20.2 Å². The van der Waals surface area contributed by atoms with E-state index in [1.54, 1.807) is 19.2 Å². The van der Waals surface area contributed by atoms with Crippen molar-refractivity contribution in [2.45, 2.75) is 13.0 Å². The van der Waals surface area contributed by atoms with E-state index in [9.17, 15) is 9.30 Å². The van der Waals surface area contributed by atoms with Gasteiger partial charge in [0.25, 0.3) is 0 Å². The predicted octanol–water partition coefficient (Wildman–Crippen LogP) is 4.41. The van der Waals surface area contributed by atoms with Gasteiger partial charge in [0, 0.05) is 23.2 Å². The molecule has 2 aromatic carbocycles. The number of aromatic amines is 1. The maximum absolute atomic E-state index is 13.3. The fourth-order valence-corrected chi connectivity index (χ4v) is 2.98. The van der Waals surface area contributed by atoms with Crippen molar-refractivity contribution >= 4 is 22.5 Å². The molecule has 2 N–H and O–H groups in total. The number of aromatic nitrogens is 4. The van der Waals surface area contributed by atoms with Crippen LogP contribution in [0.3, 0.4) is 0 Å². The number of benzene rings is 2. The second-order valence-electron chi connectivity index (χ2n) is 6.43. The Balaban J connectivity index is 1.86. The quantitative estimate of drug-likeness (QED) is 0.471. The van der Waals surface area contributed by atoms with E-state index in [4.69, 9.17) is 4.74 Å². The van der Waals surface area contributed by atoms with Crippen LogP contribution in [-0.2, 0) is 0 Å². The Morgan fingerprint density at radius 2 is 1.93 bits per heavy atom. The Morgan fingerprint density at radius 3 is 2.59 bits per heavy atom. The molecule has 2 heterocycles. The molecule has 1 atom stereocenters. The minimum Gasteiger partial charge on any atom is -0.497 e. The van der Waals surface area contributed by atoms with E-state index in [0.717, 1.165) is 11.1 Å². The molecule has 8 nitrogen and oxygen atoms in total. The number of nitroso groups, excluding NO2 is 1. The molecule has 4 aromatic rings. The van der Waals surface area contributed by atoms with Gasteiger partial charge in [0.1, 0.15) is 17.4 Å². The molecule has 146 valence electrons. The minimum atomic E-state index is -0.993. The number of halogens is 1. The van der Waals surface area contributed by atoms with Crippen LogP contribution in [0.4, 0.5) is 16.0 Å². The monoisotopic (exact) mass is 392 g/mol. The van der Waals surface area contributed by atoms with Crippen molar-refractivity contribution in [3.63, 3.8) is 0 Å². The molecule has 0 aliphatic rings. The van der Waals surface area contributed by atoms with E-state index in [2.05, 4.69) is 30.7 Å². The molecule has 0 aliphatic heterocycles. The number of aryl methyl sites for hydroxylation is 1. The molecule has 9 heteroatoms. The molecule has 0 saturated heterocycles. The number of ether oxygens (including phenoxy) is 1. The van der Waals surface area contributed by atoms with Crippen LogP contribution < -0.4 is 10.1 Å². The number of H-pyrrole nitrogens is 1. The zero-order valence-electron chi connectivity index (χ0n) is 15.7. The van der Waals surface area contributed by atoms with Crippen LogP contribution in [0.15, 0.2) is 53.7 Å². The van der Waals surface area contributed by atoms with Crippen molar-refractivity contribution in [1.29, 1.82) is 0 Å². The summed E-state index contributed by atoms with van der Waals surface area (Å²) in [5, 5.41) is 14.1. The highest BCUT2D eigenvalue weighted by molar-refractivity contribution is 5.91. The number of hydrogen-bond acceptors (Lipinski definition) is 7. The molecule has 0 saturated carbocycles. The average Bonchev–Trinajstić information content (AvgIpc) is 3.14. The Bertz CT molecular complexity index is 1180. The van der Waals surface area contributed by atoms with Crippen molar-refractivity contribution in [2.75, 3.05) is 12.4 Å². The summed E-state index contributed by atoms with van der Waals surface area (Å²) >= 11 is 0. The SMILES string of the molecule is COc1ccc2c(Nc3cc(C)[nH]n3)nc(C(N=O)c3ccc(F)cc3)nc2c1. The second kappa shape index (κ2) is 7.63. The molecule has 0 spiro atoms.